The van der Waals surface area contributed by atoms with Crippen molar-refractivity contribution >= 4 is 46.2 Å². The Labute approximate surface area is 153 Å². The van der Waals surface area contributed by atoms with E-state index in [0.717, 1.165) is 0 Å². The summed E-state index contributed by atoms with van der Waals surface area (Å²) in [6.07, 6.45) is 1.40. The second-order valence-electron chi connectivity index (χ2n) is 5.12. The summed E-state index contributed by atoms with van der Waals surface area (Å²) in [7, 11) is 0. The summed E-state index contributed by atoms with van der Waals surface area (Å²) in [5.41, 5.74) is 0.795. The molecule has 128 valence electrons. The van der Waals surface area contributed by atoms with Crippen molar-refractivity contribution in [3.05, 3.63) is 70.4 Å². The molecule has 1 heterocycles. The fourth-order valence-corrected chi connectivity index (χ4v) is 3.23. The molecule has 0 aromatic heterocycles. The number of hydrogen-bond acceptors (Lipinski definition) is 3. The summed E-state index contributed by atoms with van der Waals surface area (Å²) in [6, 6.07) is 10.1. The van der Waals surface area contributed by atoms with Gasteiger partial charge in [-0.1, -0.05) is 48.5 Å². The maximum absolute atomic E-state index is 13.9. The third-order valence-corrected chi connectivity index (χ3v) is 4.57. The van der Waals surface area contributed by atoms with E-state index in [4.69, 9.17) is 11.6 Å². The molecular formula is C18H13ClF2N2OS. The Morgan fingerprint density at radius 1 is 1.20 bits per heavy atom. The van der Waals surface area contributed by atoms with Crippen molar-refractivity contribution in [2.24, 2.45) is 4.99 Å². The van der Waals surface area contributed by atoms with E-state index >= 15 is 0 Å². The number of carbonyl (C=O) groups is 1. The van der Waals surface area contributed by atoms with Crippen molar-refractivity contribution in [1.82, 2.24) is 0 Å². The van der Waals surface area contributed by atoms with Crippen molar-refractivity contribution in [1.29, 1.82) is 0 Å². The summed E-state index contributed by atoms with van der Waals surface area (Å²) in [6.45, 7) is 1.92. The van der Waals surface area contributed by atoms with Crippen LogP contribution in [-0.2, 0) is 4.79 Å². The quantitative estimate of drug-likeness (QED) is 0.695. The Kier molecular flexibility index (Phi) is 5.20. The highest BCUT2D eigenvalue weighted by molar-refractivity contribution is 8.14. The number of hydrogen-bond donors (Lipinski definition) is 0. The first kappa shape index (κ1) is 17.6. The zero-order chi connectivity index (χ0) is 18.0. The van der Waals surface area contributed by atoms with E-state index in [0.29, 0.717) is 16.6 Å². The van der Waals surface area contributed by atoms with Crippen LogP contribution in [0.2, 0.25) is 5.02 Å². The Hall–Kier alpha value is -2.18. The lowest BCUT2D eigenvalue weighted by molar-refractivity contribution is -0.113. The van der Waals surface area contributed by atoms with E-state index in [-0.39, 0.29) is 16.3 Å². The summed E-state index contributed by atoms with van der Waals surface area (Å²) >= 11 is 7.19. The van der Waals surface area contributed by atoms with Gasteiger partial charge in [-0.15, -0.1) is 0 Å². The highest BCUT2D eigenvalue weighted by Gasteiger charge is 2.32. The van der Waals surface area contributed by atoms with Crippen LogP contribution in [0.4, 0.5) is 14.5 Å². The number of amides is 1. The summed E-state index contributed by atoms with van der Waals surface area (Å²) in [5.74, 6) is -0.737. The standard InChI is InChI=1S/C18H13ClF2N2OS/c1-2-25-18-22-16(9-11-5-3-4-6-14(11)20)17(24)23(18)12-7-8-15(21)13(19)10-12/h3-10H,2H2,1H3/b16-9-. The van der Waals surface area contributed by atoms with Crippen LogP contribution in [-0.4, -0.2) is 16.8 Å². The molecule has 0 radical (unpaired) electrons. The first-order chi connectivity index (χ1) is 12.0. The van der Waals surface area contributed by atoms with E-state index in [1.54, 1.807) is 18.2 Å². The Morgan fingerprint density at radius 2 is 1.96 bits per heavy atom. The largest absolute Gasteiger partial charge is 0.283 e. The number of aliphatic imine (C=N–C) groups is 1. The van der Waals surface area contributed by atoms with Gasteiger partial charge in [0.25, 0.3) is 5.91 Å². The van der Waals surface area contributed by atoms with Gasteiger partial charge in [0, 0.05) is 5.56 Å². The predicted molar refractivity (Wildman–Crippen MR) is 98.8 cm³/mol. The third kappa shape index (κ3) is 3.60. The van der Waals surface area contributed by atoms with Crippen LogP contribution < -0.4 is 4.90 Å². The summed E-state index contributed by atoms with van der Waals surface area (Å²) in [5, 5.41) is 0.357. The lowest BCUT2D eigenvalue weighted by Gasteiger charge is -2.17. The molecule has 3 nitrogen and oxygen atoms in total. The molecule has 0 unspecified atom stereocenters. The van der Waals surface area contributed by atoms with Crippen LogP contribution in [0.5, 0.6) is 0 Å². The van der Waals surface area contributed by atoms with Crippen LogP contribution in [0, 0.1) is 11.6 Å². The van der Waals surface area contributed by atoms with Crippen LogP contribution in [0.3, 0.4) is 0 Å². The van der Waals surface area contributed by atoms with E-state index in [9.17, 15) is 13.6 Å². The molecule has 0 saturated heterocycles. The minimum absolute atomic E-state index is 0.0855. The number of thioether (sulfide) groups is 1. The van der Waals surface area contributed by atoms with E-state index in [1.165, 1.54) is 47.0 Å². The van der Waals surface area contributed by atoms with Crippen molar-refractivity contribution < 1.29 is 13.6 Å². The molecule has 7 heteroatoms. The fourth-order valence-electron chi connectivity index (χ4n) is 2.31. The number of amidine groups is 1. The summed E-state index contributed by atoms with van der Waals surface area (Å²) < 4.78 is 27.3. The predicted octanol–water partition coefficient (Wildman–Crippen LogP) is 5.12. The first-order valence-electron chi connectivity index (χ1n) is 7.48. The Balaban J connectivity index is 2.03. The molecule has 0 fully saturated rings. The number of halogens is 3. The van der Waals surface area contributed by atoms with Gasteiger partial charge < -0.3 is 0 Å². The lowest BCUT2D eigenvalue weighted by atomic mass is 10.1. The van der Waals surface area contributed by atoms with Gasteiger partial charge in [0.05, 0.1) is 10.7 Å². The number of anilines is 1. The van der Waals surface area contributed by atoms with E-state index < -0.39 is 17.5 Å². The van der Waals surface area contributed by atoms with Gasteiger partial charge in [-0.05, 0) is 36.1 Å². The molecule has 0 aliphatic carbocycles. The molecule has 2 aromatic rings. The molecule has 1 aliphatic rings. The molecule has 1 aliphatic heterocycles. The smallest absolute Gasteiger partial charge is 0.266 e. The molecule has 0 N–H and O–H groups in total. The molecule has 0 saturated carbocycles. The highest BCUT2D eigenvalue weighted by atomic mass is 35.5. The molecule has 3 rings (SSSR count). The average Bonchev–Trinajstić information content (AvgIpc) is 2.88. The Morgan fingerprint density at radius 3 is 2.64 bits per heavy atom. The maximum atomic E-state index is 13.9. The Bertz CT molecular complexity index is 898. The second-order valence-corrected chi connectivity index (χ2v) is 6.76. The molecule has 25 heavy (non-hydrogen) atoms. The van der Waals surface area contributed by atoms with Crippen molar-refractivity contribution in [2.75, 3.05) is 10.7 Å². The van der Waals surface area contributed by atoms with Gasteiger partial charge in [0.2, 0.25) is 0 Å². The SMILES string of the molecule is CCSC1=N/C(=C\c2ccccc2F)C(=O)N1c1ccc(F)c(Cl)c1. The van der Waals surface area contributed by atoms with Crippen molar-refractivity contribution in [2.45, 2.75) is 6.92 Å². The van der Waals surface area contributed by atoms with Gasteiger partial charge in [0.1, 0.15) is 17.3 Å². The van der Waals surface area contributed by atoms with Gasteiger partial charge >= 0.3 is 0 Å². The van der Waals surface area contributed by atoms with Crippen LogP contribution in [0.1, 0.15) is 12.5 Å². The van der Waals surface area contributed by atoms with E-state index in [2.05, 4.69) is 4.99 Å². The normalized spacial score (nSPS) is 15.8. The second kappa shape index (κ2) is 7.37. The van der Waals surface area contributed by atoms with Crippen LogP contribution in [0.15, 0.2) is 53.2 Å². The fraction of sp³-hybridized carbons (Fsp3) is 0.111. The first-order valence-corrected chi connectivity index (χ1v) is 8.85. The molecule has 1 amide bonds. The molecule has 0 atom stereocenters. The average molecular weight is 379 g/mol. The zero-order valence-electron chi connectivity index (χ0n) is 13.2. The van der Waals surface area contributed by atoms with Crippen molar-refractivity contribution in [3.63, 3.8) is 0 Å². The van der Waals surface area contributed by atoms with Gasteiger partial charge in [-0.3, -0.25) is 9.69 Å². The van der Waals surface area contributed by atoms with Gasteiger partial charge in [0.15, 0.2) is 5.17 Å². The summed E-state index contributed by atoms with van der Waals surface area (Å²) in [4.78, 5) is 18.4. The molecule has 0 bridgehead atoms. The lowest BCUT2D eigenvalue weighted by Crippen LogP contribution is -2.30. The number of nitrogens with zero attached hydrogens (tertiary/aromatic N) is 2. The minimum Gasteiger partial charge on any atom is -0.266 e. The number of rotatable bonds is 3. The van der Waals surface area contributed by atoms with Gasteiger partial charge in [-0.25, -0.2) is 13.8 Å². The zero-order valence-corrected chi connectivity index (χ0v) is 14.7. The molecule has 0 spiro atoms. The number of benzene rings is 2. The topological polar surface area (TPSA) is 32.7 Å². The molecular weight excluding hydrogens is 366 g/mol. The number of carbonyl (C=O) groups excluding carboxylic acids is 1. The molecule has 2 aromatic carbocycles. The van der Waals surface area contributed by atoms with Crippen LogP contribution >= 0.6 is 23.4 Å². The van der Waals surface area contributed by atoms with E-state index in [1.807, 2.05) is 6.92 Å². The third-order valence-electron chi connectivity index (χ3n) is 3.46. The monoisotopic (exact) mass is 378 g/mol. The maximum Gasteiger partial charge on any atom is 0.283 e. The van der Waals surface area contributed by atoms with Crippen LogP contribution in [0.25, 0.3) is 6.08 Å². The minimum atomic E-state index is -0.569. The van der Waals surface area contributed by atoms with Crippen molar-refractivity contribution in [3.8, 4) is 0 Å². The van der Waals surface area contributed by atoms with Gasteiger partial charge in [-0.2, -0.15) is 0 Å². The highest BCUT2D eigenvalue weighted by Crippen LogP contribution is 2.31.